The molecule has 4 aromatic rings. The summed E-state index contributed by atoms with van der Waals surface area (Å²) in [6.07, 6.45) is 9.98. The van der Waals surface area contributed by atoms with Crippen LogP contribution in [-0.4, -0.2) is 138 Å². The van der Waals surface area contributed by atoms with E-state index in [4.69, 9.17) is 4.74 Å². The van der Waals surface area contributed by atoms with E-state index in [2.05, 4.69) is 25.6 Å². The fourth-order valence-corrected chi connectivity index (χ4v) is 13.5. The summed E-state index contributed by atoms with van der Waals surface area (Å²) in [5.41, 5.74) is 0.642. The van der Waals surface area contributed by atoms with Crippen LogP contribution in [0.15, 0.2) is 71.5 Å². The van der Waals surface area contributed by atoms with Crippen molar-refractivity contribution in [1.29, 1.82) is 0 Å². The molecule has 4 saturated heterocycles. The molecule has 2 bridgehead atoms. The minimum atomic E-state index is -4.21. The van der Waals surface area contributed by atoms with Crippen LogP contribution in [0.25, 0.3) is 10.8 Å². The van der Waals surface area contributed by atoms with Gasteiger partial charge in [0.25, 0.3) is 23.3 Å². The number of piperazine rings is 1. The van der Waals surface area contributed by atoms with Crippen molar-refractivity contribution in [1.82, 2.24) is 40.3 Å². The number of benzene rings is 3. The van der Waals surface area contributed by atoms with Crippen LogP contribution < -0.4 is 20.9 Å². The lowest BCUT2D eigenvalue weighted by Gasteiger charge is -2.53. The topological polar surface area (TPSA) is 220 Å². The highest BCUT2D eigenvalue weighted by atomic mass is 32.2. The molecule has 1 aromatic heterocycles. The molecule has 2 atom stereocenters. The Morgan fingerprint density at radius 1 is 0.808 bits per heavy atom. The summed E-state index contributed by atoms with van der Waals surface area (Å²) in [5, 5.41) is 14.2. The van der Waals surface area contributed by atoms with Gasteiger partial charge in [-0.15, -0.1) is 0 Å². The molecular weight excluding hydrogens is 956 g/mol. The van der Waals surface area contributed by atoms with Crippen LogP contribution in [-0.2, 0) is 35.6 Å². The van der Waals surface area contributed by atoms with Crippen LogP contribution in [0.2, 0.25) is 0 Å². The Balaban J connectivity index is 0.697. The average molecular weight is 1020 g/mol. The summed E-state index contributed by atoms with van der Waals surface area (Å²) in [4.78, 5) is 85.4. The Morgan fingerprint density at radius 2 is 1.55 bits per heavy atom. The maximum Gasteiger partial charge on any atom is 0.272 e. The smallest absolute Gasteiger partial charge is 0.272 e. The van der Waals surface area contributed by atoms with Crippen molar-refractivity contribution in [3.63, 3.8) is 0 Å². The first-order chi connectivity index (χ1) is 35.2. The van der Waals surface area contributed by atoms with Crippen molar-refractivity contribution in [2.45, 2.75) is 113 Å². The molecule has 5 heterocycles. The summed E-state index contributed by atoms with van der Waals surface area (Å²) in [5.74, 6) is -2.69. The van der Waals surface area contributed by atoms with Gasteiger partial charge >= 0.3 is 0 Å². The molecule has 388 valence electrons. The van der Waals surface area contributed by atoms with Crippen LogP contribution in [0.4, 0.5) is 4.39 Å². The first kappa shape index (κ1) is 50.5. The molecule has 5 amide bonds. The number of carbonyl (C=O) groups excluding carboxylic acids is 5. The van der Waals surface area contributed by atoms with Gasteiger partial charge in [-0.3, -0.25) is 33.5 Å². The monoisotopic (exact) mass is 1020 g/mol. The van der Waals surface area contributed by atoms with Gasteiger partial charge in [0.15, 0.2) is 0 Å². The zero-order valence-electron chi connectivity index (χ0n) is 41.2. The van der Waals surface area contributed by atoms with Gasteiger partial charge in [-0.25, -0.2) is 17.9 Å². The number of carbonyl (C=O) groups is 5. The number of halogens is 1. The predicted molar refractivity (Wildman–Crippen MR) is 269 cm³/mol. The molecular formula is C54H65FN8O9S. The molecule has 73 heavy (non-hydrogen) atoms. The molecule has 4 N–H and O–H groups in total. The number of ether oxygens (including phenoxy) is 1. The molecule has 4 aliphatic heterocycles. The number of H-pyrrole nitrogens is 1. The van der Waals surface area contributed by atoms with Gasteiger partial charge < -0.3 is 30.1 Å². The van der Waals surface area contributed by atoms with Crippen LogP contribution in [0, 0.1) is 17.7 Å². The number of likely N-dealkylation sites (tertiary alicyclic amines) is 1. The largest absolute Gasteiger partial charge is 0.372 e. The van der Waals surface area contributed by atoms with Crippen molar-refractivity contribution in [3.05, 3.63) is 111 Å². The SMILES string of the molecule is O=C(N[C@@H](C(=O)NS(=O)(=O)CC12CCC(NCC(=O)N3CCN(C(=O)c4cc(Cc5n[nH]c(=O)c6ccccc56)ccc4F)CC3)(CC1)CO2)C1CCCCC1)c1cccc([C@H]2CCCN(C(=O)C3CC3)C2)c1. The Bertz CT molecular complexity index is 2930. The van der Waals surface area contributed by atoms with Crippen molar-refractivity contribution in [2.24, 2.45) is 11.8 Å². The standard InChI is InChI=1S/C54H65FN8O9S/c55-44-18-15-35(29-45-41-13-4-5-14-42(41)49(66)59-58-45)28-43(44)52(69)62-26-24-61(25-27-62)46(64)31-56-53-19-21-54(22-20-53,72-33-53)34-73(70,71)60-50(67)47(36-8-2-1-3-9-36)57-48(65)39-11-6-10-38(30-39)40-12-7-23-63(32-40)51(68)37-16-17-37/h4-6,10-11,13-15,18,28,30,36-37,40,47,56H,1-3,7-9,12,16-17,19-27,29,31-34H2,(H,57,65)(H,59,66)(H,60,67)/t40-,47+,53?,54?/m0/s1. The van der Waals surface area contributed by atoms with E-state index in [1.165, 1.54) is 17.0 Å². The number of amides is 5. The highest BCUT2D eigenvalue weighted by molar-refractivity contribution is 7.90. The lowest BCUT2D eigenvalue weighted by Crippen LogP contribution is -2.65. The molecule has 11 rings (SSSR count). The third-order valence-electron chi connectivity index (χ3n) is 16.4. The first-order valence-corrected chi connectivity index (χ1v) is 27.8. The van der Waals surface area contributed by atoms with Crippen molar-refractivity contribution in [3.8, 4) is 0 Å². The van der Waals surface area contributed by atoms with Crippen LogP contribution >= 0.6 is 0 Å². The van der Waals surface area contributed by atoms with Crippen molar-refractivity contribution in [2.75, 3.05) is 58.2 Å². The third kappa shape index (κ3) is 11.4. The zero-order chi connectivity index (χ0) is 50.9. The van der Waals surface area contributed by atoms with E-state index < -0.39 is 56.5 Å². The summed E-state index contributed by atoms with van der Waals surface area (Å²) in [7, 11) is -4.21. The molecule has 7 fully saturated rings. The van der Waals surface area contributed by atoms with E-state index >= 15 is 4.39 Å². The minimum Gasteiger partial charge on any atom is -0.372 e. The maximum absolute atomic E-state index is 15.1. The van der Waals surface area contributed by atoms with Crippen molar-refractivity contribution < 1.29 is 41.5 Å². The second kappa shape index (κ2) is 21.1. The molecule has 19 heteroatoms. The molecule has 3 aromatic carbocycles. The Kier molecular flexibility index (Phi) is 14.6. The van der Waals surface area contributed by atoms with E-state index in [0.717, 1.165) is 57.1 Å². The highest BCUT2D eigenvalue weighted by Crippen LogP contribution is 2.44. The lowest BCUT2D eigenvalue weighted by molar-refractivity contribution is -0.152. The van der Waals surface area contributed by atoms with Crippen LogP contribution in [0.3, 0.4) is 0 Å². The van der Waals surface area contributed by atoms with Crippen LogP contribution in [0.1, 0.15) is 127 Å². The van der Waals surface area contributed by atoms with Crippen LogP contribution in [0.5, 0.6) is 0 Å². The molecule has 0 spiro atoms. The number of hydrogen-bond donors (Lipinski definition) is 4. The summed E-state index contributed by atoms with van der Waals surface area (Å²) < 4.78 is 51.5. The minimum absolute atomic E-state index is 0.0158. The molecule has 0 radical (unpaired) electrons. The number of aromatic amines is 1. The van der Waals surface area contributed by atoms with E-state index in [1.54, 1.807) is 35.2 Å². The summed E-state index contributed by atoms with van der Waals surface area (Å²) >= 11 is 0. The number of rotatable bonds is 15. The average Bonchev–Trinajstić information content (AvgIpc) is 4.27. The Morgan fingerprint density at radius 3 is 2.27 bits per heavy atom. The second-order valence-electron chi connectivity index (χ2n) is 21.4. The Hall–Kier alpha value is -6.05. The first-order valence-electron chi connectivity index (χ1n) is 26.1. The van der Waals surface area contributed by atoms with Gasteiger partial charge in [0, 0.05) is 74.0 Å². The number of nitrogens with one attached hydrogen (secondary N) is 4. The quantitative estimate of drug-likeness (QED) is 0.129. The van der Waals surface area contributed by atoms with Gasteiger partial charge in [0.2, 0.25) is 21.8 Å². The zero-order valence-corrected chi connectivity index (χ0v) is 42.0. The second-order valence-corrected chi connectivity index (χ2v) is 23.1. The van der Waals surface area contributed by atoms with E-state index in [1.807, 2.05) is 29.2 Å². The number of sulfonamides is 1. The molecule has 3 saturated carbocycles. The summed E-state index contributed by atoms with van der Waals surface area (Å²) in [6.45, 7) is 2.52. The van der Waals surface area contributed by atoms with Gasteiger partial charge in [0.1, 0.15) is 11.9 Å². The number of nitrogens with zero attached hydrogens (tertiary/aromatic N) is 4. The fraction of sp³-hybridized carbons (Fsp3) is 0.537. The summed E-state index contributed by atoms with van der Waals surface area (Å²) in [6, 6.07) is 17.7. The van der Waals surface area contributed by atoms with Gasteiger partial charge in [0.05, 0.1) is 41.1 Å². The van der Waals surface area contributed by atoms with Crippen molar-refractivity contribution >= 4 is 50.3 Å². The van der Waals surface area contributed by atoms with E-state index in [9.17, 15) is 37.2 Å². The van der Waals surface area contributed by atoms with Gasteiger partial charge in [-0.05, 0) is 112 Å². The number of fused-ring (bicyclic) bond motifs is 4. The normalized spacial score (nSPS) is 24.0. The Labute approximate surface area is 424 Å². The predicted octanol–water partition coefficient (Wildman–Crippen LogP) is 4.55. The number of aromatic nitrogens is 2. The molecule has 3 aliphatic carbocycles. The highest BCUT2D eigenvalue weighted by Gasteiger charge is 2.52. The lowest BCUT2D eigenvalue weighted by atomic mass is 9.72. The number of piperidine rings is 1. The van der Waals surface area contributed by atoms with E-state index in [-0.39, 0.29) is 86.4 Å². The van der Waals surface area contributed by atoms with Gasteiger partial charge in [-0.1, -0.05) is 55.7 Å². The van der Waals surface area contributed by atoms with Gasteiger partial charge in [-0.2, -0.15) is 5.10 Å². The number of hydrogen-bond acceptors (Lipinski definition) is 11. The maximum atomic E-state index is 15.1. The fourth-order valence-electron chi connectivity index (χ4n) is 11.9. The molecule has 17 nitrogen and oxygen atoms in total. The third-order valence-corrected chi connectivity index (χ3v) is 17.8. The molecule has 7 aliphatic rings. The molecule has 0 unspecified atom stereocenters. The van der Waals surface area contributed by atoms with E-state index in [0.29, 0.717) is 72.7 Å².